The van der Waals surface area contributed by atoms with E-state index >= 15 is 0 Å². The first-order chi connectivity index (χ1) is 25.0. The molecule has 52 heavy (non-hydrogen) atoms. The zero-order chi connectivity index (χ0) is 38.6. The number of unbranched alkanes of at least 4 members (excludes halogenated alkanes) is 22. The third-order valence-corrected chi connectivity index (χ3v) is 10.7. The molecule has 0 saturated carbocycles. The van der Waals surface area contributed by atoms with E-state index in [-0.39, 0.29) is 19.1 Å². The first-order valence-corrected chi connectivity index (χ1v) is 23.2. The largest absolute Gasteiger partial charge is 0.472 e. The van der Waals surface area contributed by atoms with Gasteiger partial charge in [0, 0.05) is 6.42 Å². The number of nitrogens with zero attached hydrogens (tertiary/aromatic N) is 1. The summed E-state index contributed by atoms with van der Waals surface area (Å²) in [5.74, 6) is -0.156. The molecule has 9 heteroatoms. The monoisotopic (exact) mass is 758 g/mol. The number of amides is 1. The van der Waals surface area contributed by atoms with Crippen molar-refractivity contribution >= 4 is 13.7 Å². The number of nitrogens with one attached hydrogen (secondary N) is 1. The van der Waals surface area contributed by atoms with E-state index in [1.807, 2.05) is 21.1 Å². The number of hydrogen-bond acceptors (Lipinski definition) is 5. The molecule has 0 aromatic heterocycles. The Labute approximate surface area is 322 Å². The molecule has 308 valence electrons. The van der Waals surface area contributed by atoms with Crippen LogP contribution in [-0.4, -0.2) is 73.4 Å². The molecule has 8 nitrogen and oxygen atoms in total. The van der Waals surface area contributed by atoms with Gasteiger partial charge in [0.2, 0.25) is 5.91 Å². The van der Waals surface area contributed by atoms with Gasteiger partial charge in [-0.3, -0.25) is 13.8 Å². The van der Waals surface area contributed by atoms with Gasteiger partial charge < -0.3 is 19.8 Å². The quantitative estimate of drug-likeness (QED) is 0.0250. The molecule has 0 aliphatic carbocycles. The van der Waals surface area contributed by atoms with Crippen LogP contribution in [0.3, 0.4) is 0 Å². The summed E-state index contributed by atoms with van der Waals surface area (Å²) in [6.07, 6.45) is 41.6. The van der Waals surface area contributed by atoms with Crippen LogP contribution in [0.1, 0.15) is 194 Å². The van der Waals surface area contributed by atoms with Crippen LogP contribution in [0.25, 0.3) is 0 Å². The Bertz CT molecular complexity index is 907. The number of phosphoric ester groups is 1. The van der Waals surface area contributed by atoms with Gasteiger partial charge in [0.1, 0.15) is 13.2 Å². The highest BCUT2D eigenvalue weighted by molar-refractivity contribution is 7.47. The lowest BCUT2D eigenvalue weighted by molar-refractivity contribution is -0.870. The van der Waals surface area contributed by atoms with Crippen molar-refractivity contribution in [3.05, 3.63) is 24.3 Å². The second-order valence-corrected chi connectivity index (χ2v) is 17.5. The van der Waals surface area contributed by atoms with Crippen molar-refractivity contribution in [3.8, 4) is 0 Å². The fourth-order valence-corrected chi connectivity index (χ4v) is 6.93. The van der Waals surface area contributed by atoms with Crippen LogP contribution in [0.4, 0.5) is 0 Å². The second kappa shape index (κ2) is 35.7. The van der Waals surface area contributed by atoms with Crippen molar-refractivity contribution in [1.29, 1.82) is 0 Å². The summed E-state index contributed by atoms with van der Waals surface area (Å²) in [6.45, 7) is 4.71. The molecule has 0 spiro atoms. The predicted molar refractivity (Wildman–Crippen MR) is 221 cm³/mol. The number of quaternary nitrogens is 1. The molecule has 0 heterocycles. The summed E-state index contributed by atoms with van der Waals surface area (Å²) in [5.41, 5.74) is 0. The Morgan fingerprint density at radius 3 is 1.58 bits per heavy atom. The van der Waals surface area contributed by atoms with Gasteiger partial charge in [-0.1, -0.05) is 167 Å². The Morgan fingerprint density at radius 1 is 0.654 bits per heavy atom. The molecule has 0 fully saturated rings. The number of allylic oxidation sites excluding steroid dienone is 4. The van der Waals surface area contributed by atoms with Crippen molar-refractivity contribution in [2.24, 2.45) is 0 Å². The Morgan fingerprint density at radius 2 is 1.10 bits per heavy atom. The smallest absolute Gasteiger partial charge is 0.391 e. The first-order valence-electron chi connectivity index (χ1n) is 21.7. The van der Waals surface area contributed by atoms with Crippen LogP contribution >= 0.6 is 7.82 Å². The normalized spacial score (nSPS) is 14.7. The van der Waals surface area contributed by atoms with E-state index < -0.39 is 20.0 Å². The number of carbonyl (C=O) groups is 1. The van der Waals surface area contributed by atoms with Crippen LogP contribution in [0.15, 0.2) is 24.3 Å². The third kappa shape index (κ3) is 37.3. The highest BCUT2D eigenvalue weighted by atomic mass is 31.2. The van der Waals surface area contributed by atoms with Gasteiger partial charge in [-0.15, -0.1) is 0 Å². The summed E-state index contributed by atoms with van der Waals surface area (Å²) in [4.78, 5) is 22.8. The summed E-state index contributed by atoms with van der Waals surface area (Å²) in [7, 11) is 1.61. The van der Waals surface area contributed by atoms with Gasteiger partial charge in [-0.05, 0) is 44.9 Å². The number of likely N-dealkylation sites (N-methyl/N-ethyl adjacent to an activating group) is 1. The summed E-state index contributed by atoms with van der Waals surface area (Å²) in [5, 5.41) is 13.6. The fraction of sp³-hybridized carbons (Fsp3) is 0.884. The maximum absolute atomic E-state index is 12.7. The Hall–Kier alpha value is -1.02. The highest BCUT2D eigenvalue weighted by Gasteiger charge is 2.28. The van der Waals surface area contributed by atoms with Crippen molar-refractivity contribution < 1.29 is 32.9 Å². The molecular weight excluding hydrogens is 671 g/mol. The fourth-order valence-electron chi connectivity index (χ4n) is 6.19. The Kier molecular flexibility index (Phi) is 35.0. The molecule has 0 bridgehead atoms. The van der Waals surface area contributed by atoms with Gasteiger partial charge in [-0.2, -0.15) is 0 Å². The Balaban J connectivity index is 3.83. The zero-order valence-corrected chi connectivity index (χ0v) is 35.7. The molecule has 0 aromatic rings. The lowest BCUT2D eigenvalue weighted by Crippen LogP contribution is -2.46. The lowest BCUT2D eigenvalue weighted by atomic mass is 10.0. The van der Waals surface area contributed by atoms with Crippen molar-refractivity contribution in [2.45, 2.75) is 206 Å². The minimum atomic E-state index is -4.29. The number of aliphatic hydroxyl groups is 1. The predicted octanol–water partition coefficient (Wildman–Crippen LogP) is 11.7. The summed E-state index contributed by atoms with van der Waals surface area (Å²) >= 11 is 0. The van der Waals surface area contributed by atoms with E-state index in [1.54, 1.807) is 0 Å². The van der Waals surface area contributed by atoms with Gasteiger partial charge in [-0.25, -0.2) is 4.57 Å². The van der Waals surface area contributed by atoms with E-state index in [4.69, 9.17) is 9.05 Å². The highest BCUT2D eigenvalue weighted by Crippen LogP contribution is 2.43. The molecule has 0 aliphatic heterocycles. The standard InChI is InChI=1S/C43H85N2O6P/c1-6-8-10-11-12-13-14-15-16-17-18-19-20-21-22-23-24-25-26-27-28-29-30-31-32-33-35-37-43(47)44-41(42(46)36-34-9-7-2)40-51-52(48,49)50-39-38-45(3,4)5/h14-15,17-18,41-42,46H,6-13,16,19-40H2,1-5H3,(H-,44,47,48,49)/p+1/b15-14-,18-17-. The molecule has 1 amide bonds. The number of aliphatic hydroxyl groups excluding tert-OH is 1. The van der Waals surface area contributed by atoms with Gasteiger partial charge in [0.05, 0.1) is 39.9 Å². The van der Waals surface area contributed by atoms with E-state index in [0.717, 1.165) is 44.9 Å². The van der Waals surface area contributed by atoms with Crippen LogP contribution < -0.4 is 5.32 Å². The van der Waals surface area contributed by atoms with Crippen LogP contribution in [0.2, 0.25) is 0 Å². The molecule has 3 unspecified atom stereocenters. The van der Waals surface area contributed by atoms with Crippen molar-refractivity contribution in [3.63, 3.8) is 0 Å². The van der Waals surface area contributed by atoms with Gasteiger partial charge >= 0.3 is 7.82 Å². The summed E-state index contributed by atoms with van der Waals surface area (Å²) < 4.78 is 23.3. The lowest BCUT2D eigenvalue weighted by Gasteiger charge is -2.26. The number of rotatable bonds is 39. The average molecular weight is 758 g/mol. The molecule has 0 aromatic carbocycles. The van der Waals surface area contributed by atoms with E-state index in [1.165, 1.54) is 122 Å². The minimum Gasteiger partial charge on any atom is -0.391 e. The van der Waals surface area contributed by atoms with E-state index in [0.29, 0.717) is 23.9 Å². The number of phosphoric acid groups is 1. The second-order valence-electron chi connectivity index (χ2n) is 16.1. The molecule has 0 saturated heterocycles. The first kappa shape index (κ1) is 51.0. The summed E-state index contributed by atoms with van der Waals surface area (Å²) in [6, 6.07) is -0.753. The number of hydrogen-bond donors (Lipinski definition) is 3. The molecular formula is C43H86N2O6P+. The van der Waals surface area contributed by atoms with Gasteiger partial charge in [0.15, 0.2) is 0 Å². The number of carbonyl (C=O) groups excluding carboxylic acids is 1. The maximum atomic E-state index is 12.7. The third-order valence-electron chi connectivity index (χ3n) is 9.70. The maximum Gasteiger partial charge on any atom is 0.472 e. The van der Waals surface area contributed by atoms with Gasteiger partial charge in [0.25, 0.3) is 0 Å². The molecule has 0 radical (unpaired) electrons. The average Bonchev–Trinajstić information content (AvgIpc) is 3.09. The molecule has 0 rings (SSSR count). The SMILES string of the molecule is CCCCCCC/C=C\C/C=C\CCCCCCCCCCCCCCCCCC(=O)NC(COP(=O)(O)OCC[N+](C)(C)C)C(O)CCCCC. The molecule has 0 aliphatic rings. The minimum absolute atomic E-state index is 0.0738. The van der Waals surface area contributed by atoms with E-state index in [2.05, 4.69) is 43.5 Å². The van der Waals surface area contributed by atoms with Crippen molar-refractivity contribution in [1.82, 2.24) is 5.32 Å². The molecule has 3 N–H and O–H groups in total. The zero-order valence-electron chi connectivity index (χ0n) is 34.8. The van der Waals surface area contributed by atoms with Crippen LogP contribution in [0, 0.1) is 0 Å². The molecule has 3 atom stereocenters. The van der Waals surface area contributed by atoms with Crippen molar-refractivity contribution in [2.75, 3.05) is 40.9 Å². The van der Waals surface area contributed by atoms with E-state index in [9.17, 15) is 19.4 Å². The van der Waals surface area contributed by atoms with Crippen LogP contribution in [0.5, 0.6) is 0 Å². The van der Waals surface area contributed by atoms with Crippen LogP contribution in [-0.2, 0) is 18.4 Å². The topological polar surface area (TPSA) is 105 Å².